The van der Waals surface area contributed by atoms with Crippen LogP contribution in [-0.4, -0.2) is 40.8 Å². The van der Waals surface area contributed by atoms with Gasteiger partial charge in [0.1, 0.15) is 0 Å². The Morgan fingerprint density at radius 3 is 2.88 bits per heavy atom. The van der Waals surface area contributed by atoms with Crippen molar-refractivity contribution < 1.29 is 14.6 Å². The van der Waals surface area contributed by atoms with E-state index < -0.39 is 0 Å². The predicted molar refractivity (Wildman–Crippen MR) is 139 cm³/mol. The summed E-state index contributed by atoms with van der Waals surface area (Å²) in [6.07, 6.45) is 3.60. The molecule has 1 aromatic heterocycles. The molecule has 6 heteroatoms. The lowest BCUT2D eigenvalue weighted by atomic mass is 9.92. The number of aliphatic hydroxyl groups excluding tert-OH is 1. The Morgan fingerprint density at radius 2 is 2.03 bits per heavy atom. The molecule has 0 radical (unpaired) electrons. The van der Waals surface area contributed by atoms with Gasteiger partial charge in [0.15, 0.2) is 0 Å². The van der Waals surface area contributed by atoms with Crippen molar-refractivity contribution in [2.45, 2.75) is 32.5 Å². The van der Waals surface area contributed by atoms with Crippen LogP contribution in [0.2, 0.25) is 0 Å². The van der Waals surface area contributed by atoms with Crippen LogP contribution in [0.5, 0.6) is 0 Å². The van der Waals surface area contributed by atoms with Gasteiger partial charge in [0, 0.05) is 53.7 Å². The first-order valence-corrected chi connectivity index (χ1v) is 13.3. The minimum absolute atomic E-state index is 0.0256. The second-order valence-corrected chi connectivity index (χ2v) is 10.1. The molecule has 0 bridgehead atoms. The number of thioether (sulfide) groups is 1. The Bertz CT molecular complexity index is 1440. The molecule has 0 fully saturated rings. The van der Waals surface area contributed by atoms with Crippen molar-refractivity contribution >= 4 is 39.5 Å². The number of carbonyl (C=O) groups excluding carboxylic acids is 1. The SMILES string of the molecule is CSCCOCc1ccc2c(c1)c1c3c(c4c(c1n2CCCO)Cc1ccccc1-4)C(=O)NC3. The first-order chi connectivity index (χ1) is 16.7. The summed E-state index contributed by atoms with van der Waals surface area (Å²) >= 11 is 1.78. The minimum atomic E-state index is 0.0256. The van der Waals surface area contributed by atoms with Crippen LogP contribution < -0.4 is 5.32 Å². The maximum Gasteiger partial charge on any atom is 0.252 e. The van der Waals surface area contributed by atoms with E-state index in [0.717, 1.165) is 53.1 Å². The van der Waals surface area contributed by atoms with Crippen LogP contribution in [0, 0.1) is 0 Å². The summed E-state index contributed by atoms with van der Waals surface area (Å²) in [7, 11) is 0. The molecule has 1 aliphatic carbocycles. The summed E-state index contributed by atoms with van der Waals surface area (Å²) in [5.41, 5.74) is 10.2. The number of hydrogen-bond acceptors (Lipinski definition) is 4. The number of carbonyl (C=O) groups is 1. The zero-order valence-corrected chi connectivity index (χ0v) is 20.1. The van der Waals surface area contributed by atoms with Crippen molar-refractivity contribution in [3.63, 3.8) is 0 Å². The highest BCUT2D eigenvalue weighted by Gasteiger charge is 2.35. The van der Waals surface area contributed by atoms with Crippen molar-refractivity contribution in [2.24, 2.45) is 0 Å². The van der Waals surface area contributed by atoms with Crippen LogP contribution in [0.4, 0.5) is 0 Å². The molecule has 174 valence electrons. The lowest BCUT2D eigenvalue weighted by Gasteiger charge is -2.13. The molecule has 5 nitrogen and oxygen atoms in total. The summed E-state index contributed by atoms with van der Waals surface area (Å²) < 4.78 is 8.26. The maximum atomic E-state index is 13.1. The lowest BCUT2D eigenvalue weighted by molar-refractivity contribution is 0.0966. The van der Waals surface area contributed by atoms with Crippen LogP contribution >= 0.6 is 11.8 Å². The molecule has 0 saturated carbocycles. The van der Waals surface area contributed by atoms with Crippen molar-refractivity contribution in [1.82, 2.24) is 9.88 Å². The smallest absolute Gasteiger partial charge is 0.252 e. The van der Waals surface area contributed by atoms with E-state index in [1.54, 1.807) is 11.8 Å². The highest BCUT2D eigenvalue weighted by Crippen LogP contribution is 2.48. The van der Waals surface area contributed by atoms with Gasteiger partial charge in [0.25, 0.3) is 5.91 Å². The molecule has 3 aromatic carbocycles. The highest BCUT2D eigenvalue weighted by molar-refractivity contribution is 7.98. The molecule has 0 unspecified atom stereocenters. The van der Waals surface area contributed by atoms with E-state index in [9.17, 15) is 9.90 Å². The molecule has 0 atom stereocenters. The molecule has 34 heavy (non-hydrogen) atoms. The van der Waals surface area contributed by atoms with Crippen LogP contribution in [0.1, 0.15) is 39.0 Å². The van der Waals surface area contributed by atoms with E-state index in [1.165, 1.54) is 33.0 Å². The second kappa shape index (κ2) is 8.77. The summed E-state index contributed by atoms with van der Waals surface area (Å²) in [6, 6.07) is 15.0. The third kappa shape index (κ3) is 3.28. The van der Waals surface area contributed by atoms with Crippen LogP contribution in [0.25, 0.3) is 32.9 Å². The molecule has 6 rings (SSSR count). The third-order valence-electron chi connectivity index (χ3n) is 7.12. The monoisotopic (exact) mass is 472 g/mol. The molecule has 1 amide bonds. The Balaban J connectivity index is 1.63. The number of fused-ring (bicyclic) bond motifs is 10. The molecule has 2 N–H and O–H groups in total. The maximum absolute atomic E-state index is 13.1. The van der Waals surface area contributed by atoms with E-state index in [0.29, 0.717) is 19.6 Å². The normalized spacial score (nSPS) is 14.0. The molecule has 2 aliphatic rings. The predicted octanol–water partition coefficient (Wildman–Crippen LogP) is 4.87. The zero-order valence-electron chi connectivity index (χ0n) is 19.3. The molecule has 0 spiro atoms. The van der Waals surface area contributed by atoms with Crippen LogP contribution in [-0.2, 0) is 30.9 Å². The minimum Gasteiger partial charge on any atom is -0.396 e. The van der Waals surface area contributed by atoms with Crippen LogP contribution in [0.15, 0.2) is 42.5 Å². The molecule has 4 aromatic rings. The molecule has 2 heterocycles. The topological polar surface area (TPSA) is 63.5 Å². The Morgan fingerprint density at radius 1 is 1.15 bits per heavy atom. The number of rotatable bonds is 8. The van der Waals surface area contributed by atoms with E-state index in [4.69, 9.17) is 4.74 Å². The van der Waals surface area contributed by atoms with Gasteiger partial charge in [0.05, 0.1) is 24.3 Å². The van der Waals surface area contributed by atoms with Crippen LogP contribution in [0.3, 0.4) is 0 Å². The van der Waals surface area contributed by atoms with Gasteiger partial charge in [-0.2, -0.15) is 11.8 Å². The van der Waals surface area contributed by atoms with E-state index in [1.807, 2.05) is 0 Å². The molecular weight excluding hydrogens is 444 g/mol. The van der Waals surface area contributed by atoms with Gasteiger partial charge in [-0.3, -0.25) is 4.79 Å². The van der Waals surface area contributed by atoms with Crippen molar-refractivity contribution in [3.8, 4) is 11.1 Å². The summed E-state index contributed by atoms with van der Waals surface area (Å²) in [4.78, 5) is 13.1. The third-order valence-corrected chi connectivity index (χ3v) is 7.69. The number of aromatic nitrogens is 1. The number of amides is 1. The fourth-order valence-corrected chi connectivity index (χ4v) is 6.00. The average Bonchev–Trinajstić information content (AvgIpc) is 3.51. The second-order valence-electron chi connectivity index (χ2n) is 9.07. The number of ether oxygens (including phenoxy) is 1. The number of nitrogens with zero attached hydrogens (tertiary/aromatic N) is 1. The summed E-state index contributed by atoms with van der Waals surface area (Å²) in [5, 5.41) is 15.1. The Hall–Kier alpha value is -2.80. The Kier molecular flexibility index (Phi) is 5.60. The number of benzene rings is 3. The number of nitrogens with one attached hydrogen (secondary N) is 1. The van der Waals surface area contributed by atoms with Gasteiger partial charge < -0.3 is 19.7 Å². The standard InChI is InChI=1S/C28H28N2O3S/c1-34-12-11-33-16-17-7-8-23-20(13-17)25-22-15-29-28(32)26(22)24-19-6-3-2-5-18(19)14-21(24)27(25)30(23)9-4-10-31/h2-3,5-8,13,31H,4,9-12,14-16H2,1H3,(H,29,32). The van der Waals surface area contributed by atoms with E-state index >= 15 is 0 Å². The summed E-state index contributed by atoms with van der Waals surface area (Å²) in [5.74, 6) is 1.01. The largest absolute Gasteiger partial charge is 0.396 e. The van der Waals surface area contributed by atoms with Gasteiger partial charge >= 0.3 is 0 Å². The van der Waals surface area contributed by atoms with Gasteiger partial charge in [0.2, 0.25) is 0 Å². The lowest BCUT2D eigenvalue weighted by Crippen LogP contribution is -2.13. The number of aliphatic hydroxyl groups is 1. The van der Waals surface area contributed by atoms with E-state index in [2.05, 4.69) is 58.6 Å². The first kappa shape index (κ1) is 21.7. The number of hydrogen-bond donors (Lipinski definition) is 2. The Labute approximate surface area is 203 Å². The van der Waals surface area contributed by atoms with Gasteiger partial charge in [-0.15, -0.1) is 0 Å². The fraction of sp³-hybridized carbons (Fsp3) is 0.321. The van der Waals surface area contributed by atoms with Gasteiger partial charge in [-0.25, -0.2) is 0 Å². The van der Waals surface area contributed by atoms with Gasteiger partial charge in [-0.1, -0.05) is 30.3 Å². The zero-order chi connectivity index (χ0) is 23.2. The van der Waals surface area contributed by atoms with Crippen molar-refractivity contribution in [1.29, 1.82) is 0 Å². The number of aryl methyl sites for hydroxylation is 1. The quantitative estimate of drug-likeness (QED) is 0.316. The fourth-order valence-electron chi connectivity index (χ4n) is 5.71. The van der Waals surface area contributed by atoms with Crippen molar-refractivity contribution in [3.05, 3.63) is 70.3 Å². The van der Waals surface area contributed by atoms with E-state index in [-0.39, 0.29) is 12.5 Å². The average molecular weight is 473 g/mol. The summed E-state index contributed by atoms with van der Waals surface area (Å²) in [6.45, 7) is 2.75. The van der Waals surface area contributed by atoms with Gasteiger partial charge in [-0.05, 0) is 52.6 Å². The highest BCUT2D eigenvalue weighted by atomic mass is 32.2. The van der Waals surface area contributed by atoms with Crippen molar-refractivity contribution in [2.75, 3.05) is 25.2 Å². The molecule has 0 saturated heterocycles. The molecule has 1 aliphatic heterocycles. The first-order valence-electron chi connectivity index (χ1n) is 11.9. The molecular formula is C28H28N2O3S.